The fraction of sp³-hybridized carbons (Fsp3) is 0.278. The van der Waals surface area contributed by atoms with Crippen molar-refractivity contribution in [1.82, 2.24) is 9.55 Å². The van der Waals surface area contributed by atoms with Crippen LogP contribution in [0.1, 0.15) is 11.4 Å². The van der Waals surface area contributed by atoms with Crippen LogP contribution in [0.25, 0.3) is 11.0 Å². The minimum absolute atomic E-state index is 0.269. The van der Waals surface area contributed by atoms with Gasteiger partial charge in [-0.2, -0.15) is 0 Å². The Morgan fingerprint density at radius 3 is 2.57 bits per heavy atom. The highest BCUT2D eigenvalue weighted by molar-refractivity contribution is 5.76. The van der Waals surface area contributed by atoms with E-state index in [9.17, 15) is 5.11 Å². The van der Waals surface area contributed by atoms with Crippen molar-refractivity contribution in [2.24, 2.45) is 0 Å². The third-order valence-corrected chi connectivity index (χ3v) is 3.86. The summed E-state index contributed by atoms with van der Waals surface area (Å²) >= 11 is 0. The summed E-state index contributed by atoms with van der Waals surface area (Å²) in [5.41, 5.74) is 2.96. The van der Waals surface area contributed by atoms with Crippen molar-refractivity contribution >= 4 is 11.0 Å². The average molecular weight is 312 g/mol. The van der Waals surface area contributed by atoms with Gasteiger partial charge in [-0.3, -0.25) is 0 Å². The third-order valence-electron chi connectivity index (χ3n) is 3.86. The molecule has 0 aliphatic rings. The molecule has 0 bridgehead atoms. The second kappa shape index (κ2) is 6.81. The first-order valence-corrected chi connectivity index (χ1v) is 7.57. The van der Waals surface area contributed by atoms with Crippen molar-refractivity contribution in [2.75, 3.05) is 13.7 Å². The van der Waals surface area contributed by atoms with E-state index in [0.29, 0.717) is 13.0 Å². The molecular formula is C18H20N2O3. The molecule has 23 heavy (non-hydrogen) atoms. The highest BCUT2D eigenvalue weighted by atomic mass is 16.5. The molecule has 0 amide bonds. The Hall–Kier alpha value is -2.37. The summed E-state index contributed by atoms with van der Waals surface area (Å²) < 4.78 is 7.15. The number of benzene rings is 2. The standard InChI is InChI=1S/C18H20N2O3/c1-23-15-8-6-13(7-9-15)10-18-19-16-4-2-3-5-17(16)20(18)11-14(22)12-21/h2-9,14,21-22H,10-12H2,1H3/t14-/m0/s1. The van der Waals surface area contributed by atoms with E-state index in [-0.39, 0.29) is 6.61 Å². The van der Waals surface area contributed by atoms with Gasteiger partial charge in [0.15, 0.2) is 0 Å². The molecule has 5 nitrogen and oxygen atoms in total. The second-order valence-electron chi connectivity index (χ2n) is 5.49. The molecule has 1 aromatic heterocycles. The van der Waals surface area contributed by atoms with Gasteiger partial charge in [0.05, 0.1) is 37.4 Å². The van der Waals surface area contributed by atoms with Gasteiger partial charge in [-0.25, -0.2) is 4.98 Å². The van der Waals surface area contributed by atoms with Crippen LogP contribution in [0.5, 0.6) is 5.75 Å². The molecular weight excluding hydrogens is 292 g/mol. The van der Waals surface area contributed by atoms with Crippen molar-refractivity contribution < 1.29 is 14.9 Å². The largest absolute Gasteiger partial charge is 0.497 e. The van der Waals surface area contributed by atoms with E-state index in [0.717, 1.165) is 28.2 Å². The minimum atomic E-state index is -0.803. The SMILES string of the molecule is COc1ccc(Cc2nc3ccccc3n2C[C@H](O)CO)cc1. The zero-order valence-electron chi connectivity index (χ0n) is 13.0. The van der Waals surface area contributed by atoms with Crippen molar-refractivity contribution in [2.45, 2.75) is 19.1 Å². The first kappa shape index (κ1) is 15.5. The number of ether oxygens (including phenoxy) is 1. The summed E-state index contributed by atoms with van der Waals surface area (Å²) in [4.78, 5) is 4.68. The molecule has 0 aliphatic carbocycles. The van der Waals surface area contributed by atoms with Crippen LogP contribution in [-0.4, -0.2) is 39.6 Å². The van der Waals surface area contributed by atoms with Crippen LogP contribution in [0.2, 0.25) is 0 Å². The molecule has 120 valence electrons. The molecule has 3 rings (SSSR count). The molecule has 1 atom stereocenters. The van der Waals surface area contributed by atoms with E-state index in [1.807, 2.05) is 53.1 Å². The average Bonchev–Trinajstić information content (AvgIpc) is 2.93. The molecule has 0 aliphatic heterocycles. The van der Waals surface area contributed by atoms with Crippen molar-refractivity contribution in [3.05, 3.63) is 59.9 Å². The molecule has 0 spiro atoms. The summed E-state index contributed by atoms with van der Waals surface area (Å²) in [6.45, 7) is 0.0526. The molecule has 2 N–H and O–H groups in total. The number of fused-ring (bicyclic) bond motifs is 1. The normalized spacial score (nSPS) is 12.5. The molecule has 0 unspecified atom stereocenters. The number of imidazole rings is 1. The van der Waals surface area contributed by atoms with E-state index < -0.39 is 6.10 Å². The number of para-hydroxylation sites is 2. The Labute approximate surface area is 134 Å². The van der Waals surface area contributed by atoms with Gasteiger partial charge >= 0.3 is 0 Å². The Morgan fingerprint density at radius 2 is 1.87 bits per heavy atom. The maximum Gasteiger partial charge on any atom is 0.118 e. The highest BCUT2D eigenvalue weighted by Gasteiger charge is 2.14. The summed E-state index contributed by atoms with van der Waals surface area (Å²) in [5.74, 6) is 1.68. The summed E-state index contributed by atoms with van der Waals surface area (Å²) in [7, 11) is 1.64. The number of hydrogen-bond acceptors (Lipinski definition) is 4. The lowest BCUT2D eigenvalue weighted by molar-refractivity contribution is 0.0815. The predicted molar refractivity (Wildman–Crippen MR) is 88.6 cm³/mol. The Bertz CT molecular complexity index is 781. The number of rotatable bonds is 6. The summed E-state index contributed by atoms with van der Waals surface area (Å²) in [5, 5.41) is 19.0. The first-order chi connectivity index (χ1) is 11.2. The lowest BCUT2D eigenvalue weighted by Gasteiger charge is -2.13. The topological polar surface area (TPSA) is 67.5 Å². The molecule has 1 heterocycles. The second-order valence-corrected chi connectivity index (χ2v) is 5.49. The van der Waals surface area contributed by atoms with Crippen LogP contribution < -0.4 is 4.74 Å². The fourth-order valence-corrected chi connectivity index (χ4v) is 2.66. The minimum Gasteiger partial charge on any atom is -0.497 e. The van der Waals surface area contributed by atoms with Gasteiger partial charge in [0, 0.05) is 6.42 Å². The Balaban J connectivity index is 1.96. The van der Waals surface area contributed by atoms with E-state index >= 15 is 0 Å². The number of aliphatic hydroxyl groups is 2. The fourth-order valence-electron chi connectivity index (χ4n) is 2.66. The number of aromatic nitrogens is 2. The predicted octanol–water partition coefficient (Wildman–Crippen LogP) is 1.99. The van der Waals surface area contributed by atoms with Gasteiger partial charge < -0.3 is 19.5 Å². The molecule has 0 fully saturated rings. The molecule has 0 saturated heterocycles. The molecule has 3 aromatic rings. The monoisotopic (exact) mass is 312 g/mol. The molecule has 0 saturated carbocycles. The van der Waals surface area contributed by atoms with E-state index in [1.54, 1.807) is 7.11 Å². The number of nitrogens with zero attached hydrogens (tertiary/aromatic N) is 2. The Morgan fingerprint density at radius 1 is 1.13 bits per heavy atom. The Kier molecular flexibility index (Phi) is 4.60. The van der Waals surface area contributed by atoms with Gasteiger partial charge in [0.2, 0.25) is 0 Å². The summed E-state index contributed by atoms with van der Waals surface area (Å²) in [6, 6.07) is 15.7. The zero-order valence-corrected chi connectivity index (χ0v) is 13.0. The van der Waals surface area contributed by atoms with Crippen LogP contribution in [0.4, 0.5) is 0 Å². The van der Waals surface area contributed by atoms with Gasteiger partial charge in [-0.05, 0) is 29.8 Å². The quantitative estimate of drug-likeness (QED) is 0.730. The molecule has 5 heteroatoms. The maximum atomic E-state index is 9.83. The number of aliphatic hydroxyl groups excluding tert-OH is 2. The number of methoxy groups -OCH3 is 1. The van der Waals surface area contributed by atoms with Gasteiger partial charge in [0.25, 0.3) is 0 Å². The summed E-state index contributed by atoms with van der Waals surface area (Å²) in [6.07, 6.45) is -0.154. The van der Waals surface area contributed by atoms with Crippen LogP contribution in [0.3, 0.4) is 0 Å². The van der Waals surface area contributed by atoms with Crippen molar-refractivity contribution in [1.29, 1.82) is 0 Å². The lowest BCUT2D eigenvalue weighted by atomic mass is 10.1. The third kappa shape index (κ3) is 3.36. The van der Waals surface area contributed by atoms with E-state index in [2.05, 4.69) is 4.98 Å². The lowest BCUT2D eigenvalue weighted by Crippen LogP contribution is -2.21. The maximum absolute atomic E-state index is 9.83. The van der Waals surface area contributed by atoms with Gasteiger partial charge in [0.1, 0.15) is 11.6 Å². The zero-order chi connectivity index (χ0) is 16.2. The highest BCUT2D eigenvalue weighted by Crippen LogP contribution is 2.20. The van der Waals surface area contributed by atoms with Crippen LogP contribution in [-0.2, 0) is 13.0 Å². The van der Waals surface area contributed by atoms with Crippen LogP contribution in [0, 0.1) is 0 Å². The van der Waals surface area contributed by atoms with Crippen molar-refractivity contribution in [3.63, 3.8) is 0 Å². The van der Waals surface area contributed by atoms with Gasteiger partial charge in [-0.15, -0.1) is 0 Å². The van der Waals surface area contributed by atoms with Crippen molar-refractivity contribution in [3.8, 4) is 5.75 Å². The first-order valence-electron chi connectivity index (χ1n) is 7.57. The number of hydrogen-bond donors (Lipinski definition) is 2. The molecule has 2 aromatic carbocycles. The van der Waals surface area contributed by atoms with Crippen LogP contribution >= 0.6 is 0 Å². The smallest absolute Gasteiger partial charge is 0.118 e. The van der Waals surface area contributed by atoms with E-state index in [1.165, 1.54) is 0 Å². The van der Waals surface area contributed by atoms with Gasteiger partial charge in [-0.1, -0.05) is 24.3 Å². The van der Waals surface area contributed by atoms with Crippen LogP contribution in [0.15, 0.2) is 48.5 Å². The van der Waals surface area contributed by atoms with E-state index in [4.69, 9.17) is 9.84 Å². The molecule has 0 radical (unpaired) electrons.